The number of nitrogens with zero attached hydrogens (tertiary/aromatic N) is 1. The van der Waals surface area contributed by atoms with E-state index in [9.17, 15) is 0 Å². The zero-order valence-electron chi connectivity index (χ0n) is 7.14. The highest BCUT2D eigenvalue weighted by Gasteiger charge is 2.18. The van der Waals surface area contributed by atoms with Gasteiger partial charge in [-0.1, -0.05) is 0 Å². The fourth-order valence-electron chi connectivity index (χ4n) is 1.78. The summed E-state index contributed by atoms with van der Waals surface area (Å²) in [5.74, 6) is 0.685. The van der Waals surface area contributed by atoms with E-state index in [1.165, 1.54) is 25.7 Å². The van der Waals surface area contributed by atoms with Crippen molar-refractivity contribution in [1.29, 1.82) is 5.26 Å². The lowest BCUT2D eigenvalue weighted by Crippen LogP contribution is -2.29. The van der Waals surface area contributed by atoms with E-state index in [4.69, 9.17) is 5.26 Å². The van der Waals surface area contributed by atoms with Crippen molar-refractivity contribution < 1.29 is 0 Å². The molecule has 0 amide bonds. The van der Waals surface area contributed by atoms with E-state index < -0.39 is 0 Å². The van der Waals surface area contributed by atoms with Gasteiger partial charge in [0, 0.05) is 12.5 Å². The summed E-state index contributed by atoms with van der Waals surface area (Å²) >= 11 is 0. The van der Waals surface area contributed by atoms with Crippen LogP contribution in [0.3, 0.4) is 0 Å². The maximum atomic E-state index is 8.48. The predicted molar refractivity (Wildman–Crippen MR) is 45.0 cm³/mol. The molecule has 62 valence electrons. The molecule has 0 unspecified atom stereocenters. The first-order valence-electron chi connectivity index (χ1n) is 4.41. The summed E-state index contributed by atoms with van der Waals surface area (Å²) in [5, 5.41) is 11.8. The molecule has 1 fully saturated rings. The molecule has 2 heteroatoms. The van der Waals surface area contributed by atoms with E-state index in [-0.39, 0.29) is 0 Å². The highest BCUT2D eigenvalue weighted by molar-refractivity contribution is 4.82. The van der Waals surface area contributed by atoms with Crippen molar-refractivity contribution in [2.75, 3.05) is 7.05 Å². The van der Waals surface area contributed by atoms with Crippen molar-refractivity contribution in [2.24, 2.45) is 5.92 Å². The Hall–Kier alpha value is -0.550. The van der Waals surface area contributed by atoms with Gasteiger partial charge in [-0.05, 0) is 38.6 Å². The third-order valence-corrected chi connectivity index (χ3v) is 2.63. The molecular formula is C9H16N2. The van der Waals surface area contributed by atoms with Gasteiger partial charge in [0.15, 0.2) is 0 Å². The third kappa shape index (κ3) is 2.51. The molecule has 1 saturated carbocycles. The summed E-state index contributed by atoms with van der Waals surface area (Å²) in [6.07, 6.45) is 5.74. The summed E-state index contributed by atoms with van der Waals surface area (Å²) in [6.45, 7) is 0. The van der Waals surface area contributed by atoms with Crippen LogP contribution in [0.4, 0.5) is 0 Å². The Morgan fingerprint density at radius 2 is 2.00 bits per heavy atom. The van der Waals surface area contributed by atoms with E-state index in [0.717, 1.165) is 6.42 Å². The first-order valence-corrected chi connectivity index (χ1v) is 4.41. The smallest absolute Gasteiger partial charge is 0.0624 e. The van der Waals surface area contributed by atoms with Crippen LogP contribution >= 0.6 is 0 Å². The van der Waals surface area contributed by atoms with E-state index >= 15 is 0 Å². The van der Waals surface area contributed by atoms with Gasteiger partial charge >= 0.3 is 0 Å². The largest absolute Gasteiger partial charge is 0.317 e. The summed E-state index contributed by atoms with van der Waals surface area (Å²) < 4.78 is 0. The Labute approximate surface area is 68.6 Å². The molecule has 0 heterocycles. The molecule has 1 N–H and O–H groups in total. The van der Waals surface area contributed by atoms with Crippen LogP contribution in [0, 0.1) is 17.2 Å². The minimum Gasteiger partial charge on any atom is -0.317 e. The molecule has 1 aliphatic rings. The molecule has 0 radical (unpaired) electrons. The van der Waals surface area contributed by atoms with Crippen molar-refractivity contribution in [3.05, 3.63) is 0 Å². The number of nitrogens with one attached hydrogen (secondary N) is 1. The molecule has 1 aliphatic carbocycles. The quantitative estimate of drug-likeness (QED) is 0.653. The van der Waals surface area contributed by atoms with Gasteiger partial charge in [0.1, 0.15) is 0 Å². The molecule has 0 aromatic heterocycles. The molecular weight excluding hydrogens is 136 g/mol. The average molecular weight is 152 g/mol. The summed E-state index contributed by atoms with van der Waals surface area (Å²) in [5.41, 5.74) is 0. The highest BCUT2D eigenvalue weighted by atomic mass is 14.9. The van der Waals surface area contributed by atoms with Crippen molar-refractivity contribution in [3.63, 3.8) is 0 Å². The van der Waals surface area contributed by atoms with Gasteiger partial charge in [-0.15, -0.1) is 0 Å². The van der Waals surface area contributed by atoms with Crippen LogP contribution in [-0.2, 0) is 0 Å². The Morgan fingerprint density at radius 3 is 2.45 bits per heavy atom. The van der Waals surface area contributed by atoms with Crippen LogP contribution in [0.25, 0.3) is 0 Å². The molecule has 11 heavy (non-hydrogen) atoms. The van der Waals surface area contributed by atoms with Gasteiger partial charge in [0.25, 0.3) is 0 Å². The first kappa shape index (κ1) is 8.55. The maximum absolute atomic E-state index is 8.48. The second kappa shape index (κ2) is 4.35. The average Bonchev–Trinajstić information content (AvgIpc) is 2.07. The minimum absolute atomic E-state index is 0.685. The Bertz CT molecular complexity index is 140. The molecule has 0 aromatic rings. The normalized spacial score (nSPS) is 31.3. The topological polar surface area (TPSA) is 35.8 Å². The zero-order chi connectivity index (χ0) is 8.10. The standard InChI is InChI=1S/C9H16N2/c1-11-9-4-2-8(3-5-9)6-7-10/h8-9,11H,2-6H2,1H3. The summed E-state index contributed by atoms with van der Waals surface area (Å²) in [4.78, 5) is 0. The van der Waals surface area contributed by atoms with Crippen molar-refractivity contribution in [1.82, 2.24) is 5.32 Å². The van der Waals surface area contributed by atoms with E-state index in [1.807, 2.05) is 7.05 Å². The maximum Gasteiger partial charge on any atom is 0.0624 e. The van der Waals surface area contributed by atoms with E-state index in [0.29, 0.717) is 12.0 Å². The first-order chi connectivity index (χ1) is 5.36. The van der Waals surface area contributed by atoms with Gasteiger partial charge in [0.2, 0.25) is 0 Å². The van der Waals surface area contributed by atoms with Crippen LogP contribution in [-0.4, -0.2) is 13.1 Å². The third-order valence-electron chi connectivity index (χ3n) is 2.63. The lowest BCUT2D eigenvalue weighted by Gasteiger charge is -2.26. The Morgan fingerprint density at radius 1 is 1.36 bits per heavy atom. The number of nitriles is 1. The van der Waals surface area contributed by atoms with Gasteiger partial charge in [0.05, 0.1) is 6.07 Å². The van der Waals surface area contributed by atoms with Crippen LogP contribution in [0.15, 0.2) is 0 Å². The Kier molecular flexibility index (Phi) is 3.38. The number of hydrogen-bond donors (Lipinski definition) is 1. The fourth-order valence-corrected chi connectivity index (χ4v) is 1.78. The number of rotatable bonds is 2. The molecule has 1 rings (SSSR count). The molecule has 0 aliphatic heterocycles. The Balaban J connectivity index is 2.20. The van der Waals surface area contributed by atoms with Gasteiger partial charge in [-0.2, -0.15) is 5.26 Å². The predicted octanol–water partition coefficient (Wildman–Crippen LogP) is 1.68. The van der Waals surface area contributed by atoms with Crippen molar-refractivity contribution >= 4 is 0 Å². The van der Waals surface area contributed by atoms with E-state index in [2.05, 4.69) is 11.4 Å². The van der Waals surface area contributed by atoms with Crippen LogP contribution in [0.5, 0.6) is 0 Å². The van der Waals surface area contributed by atoms with Gasteiger partial charge < -0.3 is 5.32 Å². The second-order valence-corrected chi connectivity index (χ2v) is 3.37. The molecule has 0 atom stereocenters. The molecule has 0 aromatic carbocycles. The molecule has 0 saturated heterocycles. The fraction of sp³-hybridized carbons (Fsp3) is 0.889. The lowest BCUT2D eigenvalue weighted by atomic mass is 9.84. The molecule has 0 bridgehead atoms. The zero-order valence-corrected chi connectivity index (χ0v) is 7.14. The van der Waals surface area contributed by atoms with Crippen molar-refractivity contribution in [3.8, 4) is 6.07 Å². The van der Waals surface area contributed by atoms with Crippen LogP contribution in [0.1, 0.15) is 32.1 Å². The summed E-state index contributed by atoms with van der Waals surface area (Å²) in [7, 11) is 2.02. The van der Waals surface area contributed by atoms with Crippen LogP contribution < -0.4 is 5.32 Å². The van der Waals surface area contributed by atoms with Crippen LogP contribution in [0.2, 0.25) is 0 Å². The minimum atomic E-state index is 0.685. The number of hydrogen-bond acceptors (Lipinski definition) is 2. The molecule has 0 spiro atoms. The second-order valence-electron chi connectivity index (χ2n) is 3.37. The SMILES string of the molecule is CNC1CCC(CC#N)CC1. The van der Waals surface area contributed by atoms with Crippen molar-refractivity contribution in [2.45, 2.75) is 38.1 Å². The molecule has 2 nitrogen and oxygen atoms in total. The monoisotopic (exact) mass is 152 g/mol. The van der Waals surface area contributed by atoms with Gasteiger partial charge in [-0.3, -0.25) is 0 Å². The van der Waals surface area contributed by atoms with E-state index in [1.54, 1.807) is 0 Å². The van der Waals surface area contributed by atoms with Gasteiger partial charge in [-0.25, -0.2) is 0 Å². The lowest BCUT2D eigenvalue weighted by molar-refractivity contribution is 0.305. The summed E-state index contributed by atoms with van der Waals surface area (Å²) in [6, 6.07) is 2.96. The highest BCUT2D eigenvalue weighted by Crippen LogP contribution is 2.25.